The summed E-state index contributed by atoms with van der Waals surface area (Å²) in [6.07, 6.45) is 4.97. The van der Waals surface area contributed by atoms with Crippen LogP contribution in [0.15, 0.2) is 18.2 Å². The minimum absolute atomic E-state index is 0.741. The second kappa shape index (κ2) is 4.26. The van der Waals surface area contributed by atoms with Crippen LogP contribution in [0.3, 0.4) is 0 Å². The van der Waals surface area contributed by atoms with E-state index in [1.807, 2.05) is 0 Å². The van der Waals surface area contributed by atoms with Crippen LogP contribution in [0.1, 0.15) is 37.8 Å². The van der Waals surface area contributed by atoms with E-state index in [0.717, 1.165) is 12.5 Å². The van der Waals surface area contributed by atoms with Gasteiger partial charge in [-0.25, -0.2) is 0 Å². The molecule has 0 aromatic heterocycles. The van der Waals surface area contributed by atoms with Crippen molar-refractivity contribution in [2.24, 2.45) is 0 Å². The van der Waals surface area contributed by atoms with Crippen LogP contribution in [0, 0.1) is 0 Å². The molecule has 0 saturated heterocycles. The predicted octanol–water partition coefficient (Wildman–Crippen LogP) is 3.41. The van der Waals surface area contributed by atoms with Gasteiger partial charge in [-0.1, -0.05) is 26.0 Å². The summed E-state index contributed by atoms with van der Waals surface area (Å²) in [7, 11) is 2.23. The van der Waals surface area contributed by atoms with Gasteiger partial charge in [0.05, 0.1) is 0 Å². The number of fused-ring (bicyclic) bond motifs is 1. The zero-order valence-corrected chi connectivity index (χ0v) is 10.1. The van der Waals surface area contributed by atoms with E-state index >= 15 is 0 Å². The maximum absolute atomic E-state index is 2.46. The van der Waals surface area contributed by atoms with Crippen LogP contribution in [0.5, 0.6) is 0 Å². The summed E-state index contributed by atoms with van der Waals surface area (Å²) < 4.78 is 0. The molecule has 0 saturated carbocycles. The van der Waals surface area contributed by atoms with Gasteiger partial charge >= 0.3 is 0 Å². The number of nitrogens with zero attached hydrogens (tertiary/aromatic N) is 1. The minimum atomic E-state index is 0.741. The Morgan fingerprint density at radius 2 is 2.13 bits per heavy atom. The van der Waals surface area contributed by atoms with E-state index in [4.69, 9.17) is 0 Å². The Labute approximate surface area is 93.1 Å². The van der Waals surface area contributed by atoms with Crippen LogP contribution < -0.4 is 4.90 Å². The van der Waals surface area contributed by atoms with E-state index in [1.165, 1.54) is 30.5 Å². The molecule has 2 rings (SSSR count). The molecule has 0 aliphatic carbocycles. The van der Waals surface area contributed by atoms with Gasteiger partial charge in [-0.15, -0.1) is 0 Å². The van der Waals surface area contributed by atoms with E-state index in [9.17, 15) is 0 Å². The number of anilines is 1. The minimum Gasteiger partial charge on any atom is -0.371 e. The molecule has 1 aromatic rings. The first-order chi connectivity index (χ1) is 7.26. The fourth-order valence-corrected chi connectivity index (χ4v) is 2.59. The topological polar surface area (TPSA) is 3.24 Å². The highest BCUT2D eigenvalue weighted by Gasteiger charge is 2.21. The molecule has 0 spiro atoms. The first-order valence-electron chi connectivity index (χ1n) is 6.10. The van der Waals surface area contributed by atoms with Crippen molar-refractivity contribution < 1.29 is 0 Å². The Kier molecular flexibility index (Phi) is 2.99. The van der Waals surface area contributed by atoms with Gasteiger partial charge in [0, 0.05) is 18.8 Å². The zero-order valence-electron chi connectivity index (χ0n) is 10.1. The van der Waals surface area contributed by atoms with Crippen LogP contribution in [0.25, 0.3) is 0 Å². The fourth-order valence-electron chi connectivity index (χ4n) is 2.59. The van der Waals surface area contributed by atoms with Crippen molar-refractivity contribution in [2.45, 2.75) is 45.6 Å². The lowest BCUT2D eigenvalue weighted by Gasteiger charge is -2.35. The molecule has 0 N–H and O–H groups in total. The SMILES string of the molecule is CCc1ccc2c(c1)CCC(CC)N2C. The van der Waals surface area contributed by atoms with Crippen molar-refractivity contribution in [2.75, 3.05) is 11.9 Å². The molecule has 0 bridgehead atoms. The highest BCUT2D eigenvalue weighted by Crippen LogP contribution is 2.31. The van der Waals surface area contributed by atoms with Gasteiger partial charge in [-0.2, -0.15) is 0 Å². The highest BCUT2D eigenvalue weighted by atomic mass is 15.1. The van der Waals surface area contributed by atoms with Crippen molar-refractivity contribution in [3.63, 3.8) is 0 Å². The highest BCUT2D eigenvalue weighted by molar-refractivity contribution is 5.57. The monoisotopic (exact) mass is 203 g/mol. The number of aryl methyl sites for hydroxylation is 2. The van der Waals surface area contributed by atoms with Crippen molar-refractivity contribution >= 4 is 5.69 Å². The lowest BCUT2D eigenvalue weighted by Crippen LogP contribution is -2.35. The second-order valence-electron chi connectivity index (χ2n) is 4.53. The lowest BCUT2D eigenvalue weighted by molar-refractivity contribution is 0.542. The molecule has 1 unspecified atom stereocenters. The number of rotatable bonds is 2. The fraction of sp³-hybridized carbons (Fsp3) is 0.571. The maximum atomic E-state index is 2.46. The van der Waals surface area contributed by atoms with Gasteiger partial charge in [-0.3, -0.25) is 0 Å². The van der Waals surface area contributed by atoms with Crippen molar-refractivity contribution in [1.29, 1.82) is 0 Å². The summed E-state index contributed by atoms with van der Waals surface area (Å²) >= 11 is 0. The van der Waals surface area contributed by atoms with E-state index < -0.39 is 0 Å². The molecule has 15 heavy (non-hydrogen) atoms. The van der Waals surface area contributed by atoms with Crippen molar-refractivity contribution in [1.82, 2.24) is 0 Å². The Morgan fingerprint density at radius 1 is 1.33 bits per heavy atom. The van der Waals surface area contributed by atoms with Crippen LogP contribution >= 0.6 is 0 Å². The summed E-state index contributed by atoms with van der Waals surface area (Å²) in [5.74, 6) is 0. The predicted molar refractivity (Wildman–Crippen MR) is 66.6 cm³/mol. The lowest BCUT2D eigenvalue weighted by atomic mass is 9.93. The third-order valence-electron chi connectivity index (χ3n) is 3.70. The quantitative estimate of drug-likeness (QED) is 0.712. The number of hydrogen-bond donors (Lipinski definition) is 0. The Hall–Kier alpha value is -0.980. The summed E-state index contributed by atoms with van der Waals surface area (Å²) in [5.41, 5.74) is 4.46. The summed E-state index contributed by atoms with van der Waals surface area (Å²) in [6.45, 7) is 4.51. The molecule has 1 heterocycles. The molecular weight excluding hydrogens is 182 g/mol. The van der Waals surface area contributed by atoms with Crippen LogP contribution in [0.2, 0.25) is 0 Å². The Morgan fingerprint density at radius 3 is 2.80 bits per heavy atom. The normalized spacial score (nSPS) is 20.2. The average molecular weight is 203 g/mol. The summed E-state index contributed by atoms with van der Waals surface area (Å²) in [4.78, 5) is 2.46. The van der Waals surface area contributed by atoms with Gasteiger partial charge in [0.1, 0.15) is 0 Å². The molecule has 82 valence electrons. The molecule has 1 aliphatic heterocycles. The molecule has 1 nitrogen and oxygen atoms in total. The standard InChI is InChI=1S/C14H21N/c1-4-11-6-9-14-12(10-11)7-8-13(5-2)15(14)3/h6,9-10,13H,4-5,7-8H2,1-3H3. The summed E-state index contributed by atoms with van der Waals surface area (Å²) in [5, 5.41) is 0. The molecular formula is C14H21N. The largest absolute Gasteiger partial charge is 0.371 e. The molecule has 1 heteroatoms. The third kappa shape index (κ3) is 1.88. The van der Waals surface area contributed by atoms with Gasteiger partial charge < -0.3 is 4.90 Å². The smallest absolute Gasteiger partial charge is 0.0398 e. The first kappa shape index (κ1) is 10.5. The molecule has 1 aliphatic rings. The van der Waals surface area contributed by atoms with Crippen LogP contribution in [0.4, 0.5) is 5.69 Å². The maximum Gasteiger partial charge on any atom is 0.0398 e. The summed E-state index contributed by atoms with van der Waals surface area (Å²) in [6, 6.07) is 7.70. The van der Waals surface area contributed by atoms with Gasteiger partial charge in [0.25, 0.3) is 0 Å². The van der Waals surface area contributed by atoms with E-state index in [-0.39, 0.29) is 0 Å². The van der Waals surface area contributed by atoms with E-state index in [2.05, 4.69) is 44.0 Å². The van der Waals surface area contributed by atoms with Crippen LogP contribution in [-0.4, -0.2) is 13.1 Å². The van der Waals surface area contributed by atoms with Crippen LogP contribution in [-0.2, 0) is 12.8 Å². The zero-order chi connectivity index (χ0) is 10.8. The molecule has 0 amide bonds. The van der Waals surface area contributed by atoms with Gasteiger partial charge in [0.2, 0.25) is 0 Å². The molecule has 0 fully saturated rings. The van der Waals surface area contributed by atoms with Crippen molar-refractivity contribution in [3.05, 3.63) is 29.3 Å². The van der Waals surface area contributed by atoms with E-state index in [1.54, 1.807) is 5.56 Å². The third-order valence-corrected chi connectivity index (χ3v) is 3.70. The van der Waals surface area contributed by atoms with Crippen molar-refractivity contribution in [3.8, 4) is 0 Å². The van der Waals surface area contributed by atoms with E-state index in [0.29, 0.717) is 0 Å². The molecule has 1 atom stereocenters. The number of benzene rings is 1. The van der Waals surface area contributed by atoms with Gasteiger partial charge in [0.15, 0.2) is 0 Å². The Bertz CT molecular complexity index is 343. The average Bonchev–Trinajstić information content (AvgIpc) is 2.29. The molecule has 1 aromatic carbocycles. The second-order valence-corrected chi connectivity index (χ2v) is 4.53. The van der Waals surface area contributed by atoms with Gasteiger partial charge in [-0.05, 0) is 42.9 Å². The Balaban J connectivity index is 2.33. The molecule has 0 radical (unpaired) electrons. The first-order valence-corrected chi connectivity index (χ1v) is 6.10. The number of hydrogen-bond acceptors (Lipinski definition) is 1.